The van der Waals surface area contributed by atoms with Crippen LogP contribution in [0.25, 0.3) is 0 Å². The molecule has 0 aromatic heterocycles. The van der Waals surface area contributed by atoms with E-state index < -0.39 is 35.6 Å². The molecule has 4 aromatic rings. The van der Waals surface area contributed by atoms with Gasteiger partial charge in [-0.3, -0.25) is 9.59 Å². The lowest BCUT2D eigenvalue weighted by molar-refractivity contribution is 0.101. The Labute approximate surface area is 271 Å². The molecule has 4 aromatic carbocycles. The number of aromatic hydroxyl groups is 3. The Morgan fingerprint density at radius 3 is 1.36 bits per heavy atom. The Morgan fingerprint density at radius 2 is 0.936 bits per heavy atom. The van der Waals surface area contributed by atoms with Crippen LogP contribution in [0.5, 0.6) is 34.5 Å². The minimum Gasteiger partial charge on any atom is -0.507 e. The molecule has 5 N–H and O–H groups in total. The van der Waals surface area contributed by atoms with Gasteiger partial charge in [-0.05, 0) is 84.3 Å². The predicted octanol–water partition coefficient (Wildman–Crippen LogP) is 4.73. The molecule has 0 saturated heterocycles. The van der Waals surface area contributed by atoms with Gasteiger partial charge in [-0.15, -0.1) is 0 Å². The van der Waals surface area contributed by atoms with Gasteiger partial charge in [0.25, 0.3) is 0 Å². The number of phenolic OH excluding ortho intramolecular Hbond substituents is 3. The highest BCUT2D eigenvalue weighted by Gasteiger charge is 2.46. The fraction of sp³-hybridized carbons (Fsp3) is 0.297. The third-order valence-electron chi connectivity index (χ3n) is 8.98. The lowest BCUT2D eigenvalue weighted by atomic mass is 9.63. The first kappa shape index (κ1) is 31.9. The van der Waals surface area contributed by atoms with Gasteiger partial charge in [0, 0.05) is 24.0 Å². The van der Waals surface area contributed by atoms with E-state index in [1.165, 1.54) is 39.5 Å². The predicted molar refractivity (Wildman–Crippen MR) is 172 cm³/mol. The van der Waals surface area contributed by atoms with Gasteiger partial charge < -0.3 is 39.7 Å². The van der Waals surface area contributed by atoms with Gasteiger partial charge in [0.15, 0.2) is 0 Å². The lowest BCUT2D eigenvalue weighted by Crippen LogP contribution is -2.30. The summed E-state index contributed by atoms with van der Waals surface area (Å²) in [5.74, 6) is -2.88. The van der Waals surface area contributed by atoms with Crippen molar-refractivity contribution in [3.05, 3.63) is 104 Å². The zero-order valence-electron chi connectivity index (χ0n) is 26.6. The van der Waals surface area contributed by atoms with Crippen LogP contribution in [-0.4, -0.2) is 70.6 Å². The Bertz CT molecular complexity index is 1940. The van der Waals surface area contributed by atoms with Gasteiger partial charge in [0.1, 0.15) is 34.5 Å². The number of fused-ring (bicyclic) bond motifs is 4. The van der Waals surface area contributed by atoms with Crippen LogP contribution in [0.3, 0.4) is 0 Å². The van der Waals surface area contributed by atoms with Gasteiger partial charge in [-0.25, -0.2) is 0 Å². The van der Waals surface area contributed by atoms with E-state index in [0.29, 0.717) is 39.1 Å². The monoisotopic (exact) mass is 640 g/mol. The van der Waals surface area contributed by atoms with Crippen LogP contribution < -0.4 is 14.2 Å². The molecule has 0 radical (unpaired) electrons. The zero-order chi connectivity index (χ0) is 33.9. The second kappa shape index (κ2) is 11.9. The van der Waals surface area contributed by atoms with Gasteiger partial charge in [-0.1, -0.05) is 12.1 Å². The number of carbonyl (C=O) groups excluding carboxylic acids is 2. The van der Waals surface area contributed by atoms with E-state index in [9.17, 15) is 35.1 Å². The summed E-state index contributed by atoms with van der Waals surface area (Å²) in [6.07, 6.45) is -1.16. The average Bonchev–Trinajstić information content (AvgIpc) is 3.00. The fourth-order valence-electron chi connectivity index (χ4n) is 7.24. The second-order valence-electron chi connectivity index (χ2n) is 12.3. The number of carbonyl (C=O) groups is 2. The first-order valence-corrected chi connectivity index (χ1v) is 15.2. The minimum absolute atomic E-state index is 0.0248. The van der Waals surface area contributed by atoms with Crippen molar-refractivity contribution in [2.24, 2.45) is 0 Å². The van der Waals surface area contributed by atoms with E-state index >= 15 is 0 Å². The van der Waals surface area contributed by atoms with E-state index in [-0.39, 0.29) is 63.8 Å². The second-order valence-corrected chi connectivity index (χ2v) is 12.3. The molecule has 0 spiro atoms. The van der Waals surface area contributed by atoms with Crippen molar-refractivity contribution in [1.82, 2.24) is 0 Å². The molecule has 2 aliphatic rings. The first-order valence-electron chi connectivity index (χ1n) is 15.2. The zero-order valence-corrected chi connectivity index (χ0v) is 26.6. The first-order chi connectivity index (χ1) is 22.4. The van der Waals surface area contributed by atoms with Crippen molar-refractivity contribution < 1.29 is 49.3 Å². The topological polar surface area (TPSA) is 163 Å². The molecular formula is C37H36O10. The molecule has 6 rings (SSSR count). The van der Waals surface area contributed by atoms with Crippen molar-refractivity contribution in [1.29, 1.82) is 0 Å². The number of ketones is 2. The number of benzene rings is 4. The minimum atomic E-state index is -0.859. The van der Waals surface area contributed by atoms with E-state index in [1.807, 2.05) is 0 Å². The Hall–Kier alpha value is -5.06. The summed E-state index contributed by atoms with van der Waals surface area (Å²) in [5.41, 5.74) is 2.90. The smallest absolute Gasteiger partial charge is 0.201 e. The molecule has 0 saturated carbocycles. The number of aliphatic hydroxyl groups excluding tert-OH is 2. The molecule has 10 heteroatoms. The Morgan fingerprint density at radius 1 is 0.553 bits per heavy atom. The third-order valence-corrected chi connectivity index (χ3v) is 8.98. The molecular weight excluding hydrogens is 604 g/mol. The van der Waals surface area contributed by atoms with Crippen molar-refractivity contribution in [3.63, 3.8) is 0 Å². The van der Waals surface area contributed by atoms with Crippen LogP contribution in [0.2, 0.25) is 0 Å². The summed E-state index contributed by atoms with van der Waals surface area (Å²) in [6.45, 7) is 3.23. The van der Waals surface area contributed by atoms with Gasteiger partial charge in [0.05, 0.1) is 55.8 Å². The highest BCUT2D eigenvalue weighted by atomic mass is 16.5. The SMILES string of the molecule is COc1cc(O)c2c(c1)[C@@H]([C@H]1c3cc(C[C@H](C)O)cc(O)c3C(=O)c3c(OC)cc(OC)cc31)c1cc(C[C@H](C)O)cc(O)c1C2=O. The van der Waals surface area contributed by atoms with Crippen LogP contribution in [-0.2, 0) is 12.8 Å². The highest BCUT2D eigenvalue weighted by molar-refractivity contribution is 6.18. The number of phenols is 3. The average molecular weight is 641 g/mol. The number of hydrogen-bond acceptors (Lipinski definition) is 10. The molecule has 0 bridgehead atoms. The molecule has 0 aliphatic heterocycles. The summed E-state index contributed by atoms with van der Waals surface area (Å²) in [5, 5.41) is 54.6. The van der Waals surface area contributed by atoms with E-state index in [1.54, 1.807) is 44.2 Å². The largest absolute Gasteiger partial charge is 0.507 e. The maximum Gasteiger partial charge on any atom is 0.201 e. The molecule has 0 fully saturated rings. The number of ether oxygens (including phenoxy) is 3. The van der Waals surface area contributed by atoms with Crippen LogP contribution in [0, 0.1) is 0 Å². The summed E-state index contributed by atoms with van der Waals surface area (Å²) in [6, 6.07) is 12.6. The van der Waals surface area contributed by atoms with Gasteiger partial charge in [0.2, 0.25) is 11.6 Å². The molecule has 244 valence electrons. The highest BCUT2D eigenvalue weighted by Crippen LogP contribution is 2.57. The quantitative estimate of drug-likeness (QED) is 0.182. The Kier molecular flexibility index (Phi) is 8.11. The van der Waals surface area contributed by atoms with Gasteiger partial charge >= 0.3 is 0 Å². The van der Waals surface area contributed by atoms with Crippen molar-refractivity contribution in [3.8, 4) is 34.5 Å². The van der Waals surface area contributed by atoms with Gasteiger partial charge in [-0.2, -0.15) is 0 Å². The number of aliphatic hydroxyl groups is 2. The molecule has 0 amide bonds. The van der Waals surface area contributed by atoms with E-state index in [0.717, 1.165) is 0 Å². The molecule has 10 nitrogen and oxygen atoms in total. The summed E-state index contributed by atoms with van der Waals surface area (Å²) >= 11 is 0. The maximum absolute atomic E-state index is 14.3. The fourth-order valence-corrected chi connectivity index (χ4v) is 7.24. The standard InChI is InChI=1S/C37H36O10/c1-16(38)6-18-8-22-30(24-12-20(45-3)14-28(42)34(24)36(43)32(22)26(40)10-18)31-23-9-19(7-17(2)39)11-27(41)33(23)37(44)35-25(31)13-21(46-4)15-29(35)47-5/h8-17,30-31,38-42H,6-7H2,1-5H3/t16-,17-,30-,31-/m0/s1. The molecule has 47 heavy (non-hydrogen) atoms. The number of methoxy groups -OCH3 is 3. The van der Waals surface area contributed by atoms with Crippen molar-refractivity contribution >= 4 is 11.6 Å². The maximum atomic E-state index is 14.3. The van der Waals surface area contributed by atoms with Crippen LogP contribution in [0.1, 0.15) is 90.9 Å². The molecule has 2 aliphatic carbocycles. The molecule has 0 heterocycles. The van der Waals surface area contributed by atoms with E-state index in [2.05, 4.69) is 0 Å². The molecule has 0 unspecified atom stereocenters. The summed E-state index contributed by atoms with van der Waals surface area (Å²) in [4.78, 5) is 28.4. The summed E-state index contributed by atoms with van der Waals surface area (Å²) < 4.78 is 16.8. The number of rotatable bonds is 8. The van der Waals surface area contributed by atoms with Crippen molar-refractivity contribution in [2.45, 2.75) is 50.7 Å². The van der Waals surface area contributed by atoms with Crippen LogP contribution >= 0.6 is 0 Å². The third kappa shape index (κ3) is 5.23. The van der Waals surface area contributed by atoms with Crippen LogP contribution in [0.4, 0.5) is 0 Å². The molecule has 4 atom stereocenters. The number of hydrogen-bond donors (Lipinski definition) is 5. The normalized spacial score (nSPS) is 17.6. The van der Waals surface area contributed by atoms with Crippen LogP contribution in [0.15, 0.2) is 48.5 Å². The van der Waals surface area contributed by atoms with Crippen molar-refractivity contribution in [2.75, 3.05) is 21.3 Å². The lowest BCUT2D eigenvalue weighted by Gasteiger charge is -2.39. The van der Waals surface area contributed by atoms with E-state index in [4.69, 9.17) is 14.2 Å². The summed E-state index contributed by atoms with van der Waals surface area (Å²) in [7, 11) is 4.33. The Balaban J connectivity index is 1.79.